The van der Waals surface area contributed by atoms with Crippen molar-refractivity contribution >= 4 is 5.97 Å². The summed E-state index contributed by atoms with van der Waals surface area (Å²) in [5, 5.41) is 8.73. The number of carbonyl (C=O) groups excluding carboxylic acids is 1. The quantitative estimate of drug-likeness (QED) is 0.532. The van der Waals surface area contributed by atoms with Gasteiger partial charge in [-0.05, 0) is 67.3 Å². The summed E-state index contributed by atoms with van der Waals surface area (Å²) in [4.78, 5) is 12.2. The molecule has 2 aromatic carbocycles. The summed E-state index contributed by atoms with van der Waals surface area (Å²) in [5.74, 6) is 0.281. The van der Waals surface area contributed by atoms with Crippen LogP contribution in [0.4, 0.5) is 4.39 Å². The highest BCUT2D eigenvalue weighted by Gasteiger charge is 2.21. The second kappa shape index (κ2) is 8.14. The van der Waals surface area contributed by atoms with E-state index >= 15 is 0 Å². The van der Waals surface area contributed by atoms with Gasteiger partial charge in [-0.2, -0.15) is 5.26 Å². The minimum absolute atomic E-state index is 0.0769. The van der Waals surface area contributed by atoms with Gasteiger partial charge in [-0.3, -0.25) is 0 Å². The van der Waals surface area contributed by atoms with Crippen LogP contribution in [0.1, 0.15) is 66.4 Å². The molecule has 0 aliphatic heterocycles. The molecule has 0 saturated heterocycles. The predicted octanol–water partition coefficient (Wildman–Crippen LogP) is 5.60. The minimum Gasteiger partial charge on any atom is -0.423 e. The first kappa shape index (κ1) is 18.1. The number of benzene rings is 2. The fourth-order valence-electron chi connectivity index (χ4n) is 3.61. The van der Waals surface area contributed by atoms with Gasteiger partial charge < -0.3 is 4.74 Å². The summed E-state index contributed by atoms with van der Waals surface area (Å²) in [5.41, 5.74) is 1.62. The van der Waals surface area contributed by atoms with E-state index in [0.29, 0.717) is 11.5 Å². The summed E-state index contributed by atoms with van der Waals surface area (Å²) in [7, 11) is 0. The molecule has 3 rings (SSSR count). The molecule has 4 heteroatoms. The maximum Gasteiger partial charge on any atom is 0.343 e. The molecule has 0 atom stereocenters. The van der Waals surface area contributed by atoms with Crippen molar-refractivity contribution in [2.45, 2.75) is 44.9 Å². The smallest absolute Gasteiger partial charge is 0.343 e. The lowest BCUT2D eigenvalue weighted by Crippen LogP contribution is -2.13. The third kappa shape index (κ3) is 4.11. The fourth-order valence-corrected chi connectivity index (χ4v) is 3.61. The van der Waals surface area contributed by atoms with Crippen LogP contribution in [-0.2, 0) is 0 Å². The molecular formula is C22H22FNO2. The van der Waals surface area contributed by atoms with Gasteiger partial charge in [0.25, 0.3) is 0 Å². The van der Waals surface area contributed by atoms with Crippen LogP contribution in [0.25, 0.3) is 0 Å². The highest BCUT2D eigenvalue weighted by molar-refractivity contribution is 5.91. The Bertz CT molecular complexity index is 815. The summed E-state index contributed by atoms with van der Waals surface area (Å²) in [6.07, 6.45) is 6.21. The number of nitriles is 1. The van der Waals surface area contributed by atoms with E-state index < -0.39 is 11.8 Å². The number of nitrogens with zero attached hydrogens (tertiary/aromatic N) is 1. The second-order valence-corrected chi connectivity index (χ2v) is 6.89. The van der Waals surface area contributed by atoms with Crippen molar-refractivity contribution in [2.24, 2.45) is 5.92 Å². The van der Waals surface area contributed by atoms with Gasteiger partial charge in [-0.1, -0.05) is 25.5 Å². The Morgan fingerprint density at radius 1 is 1.15 bits per heavy atom. The van der Waals surface area contributed by atoms with Crippen molar-refractivity contribution in [3.63, 3.8) is 0 Å². The first-order valence-electron chi connectivity index (χ1n) is 9.12. The second-order valence-electron chi connectivity index (χ2n) is 6.89. The summed E-state index contributed by atoms with van der Waals surface area (Å²) >= 11 is 0. The Morgan fingerprint density at radius 2 is 1.85 bits per heavy atom. The van der Waals surface area contributed by atoms with E-state index in [2.05, 4.69) is 6.92 Å². The Balaban J connectivity index is 1.64. The molecule has 0 radical (unpaired) electrons. The van der Waals surface area contributed by atoms with Crippen LogP contribution in [0.5, 0.6) is 5.75 Å². The van der Waals surface area contributed by atoms with Gasteiger partial charge in [0.2, 0.25) is 0 Å². The normalized spacial score (nSPS) is 19.6. The van der Waals surface area contributed by atoms with Crippen LogP contribution in [0.3, 0.4) is 0 Å². The Labute approximate surface area is 153 Å². The molecule has 1 saturated carbocycles. The molecule has 26 heavy (non-hydrogen) atoms. The zero-order valence-corrected chi connectivity index (χ0v) is 14.9. The van der Waals surface area contributed by atoms with E-state index in [1.165, 1.54) is 49.8 Å². The lowest BCUT2D eigenvalue weighted by molar-refractivity contribution is 0.0734. The Hall–Kier alpha value is -2.67. The fraction of sp³-hybridized carbons (Fsp3) is 0.364. The number of ether oxygens (including phenoxy) is 1. The van der Waals surface area contributed by atoms with Crippen molar-refractivity contribution < 1.29 is 13.9 Å². The number of carbonyl (C=O) groups is 1. The zero-order valence-electron chi connectivity index (χ0n) is 14.9. The third-order valence-corrected chi connectivity index (χ3v) is 5.31. The van der Waals surface area contributed by atoms with Crippen molar-refractivity contribution in [3.05, 3.63) is 65.0 Å². The van der Waals surface area contributed by atoms with Crippen molar-refractivity contribution in [3.8, 4) is 11.8 Å². The van der Waals surface area contributed by atoms with Crippen molar-refractivity contribution in [2.75, 3.05) is 0 Å². The highest BCUT2D eigenvalue weighted by atomic mass is 19.1. The molecule has 1 fully saturated rings. The van der Waals surface area contributed by atoms with Gasteiger partial charge in [-0.15, -0.1) is 0 Å². The molecule has 0 N–H and O–H groups in total. The number of rotatable bonds is 4. The first-order chi connectivity index (χ1) is 12.6. The van der Waals surface area contributed by atoms with E-state index in [0.717, 1.165) is 12.0 Å². The Morgan fingerprint density at radius 3 is 2.42 bits per heavy atom. The third-order valence-electron chi connectivity index (χ3n) is 5.31. The Kier molecular flexibility index (Phi) is 5.68. The number of hydrogen-bond donors (Lipinski definition) is 0. The lowest BCUT2D eigenvalue weighted by Gasteiger charge is -2.28. The number of esters is 1. The molecule has 0 bridgehead atoms. The maximum atomic E-state index is 13.6. The monoisotopic (exact) mass is 351 g/mol. The van der Waals surface area contributed by atoms with Crippen LogP contribution in [0.15, 0.2) is 42.5 Å². The predicted molar refractivity (Wildman–Crippen MR) is 97.5 cm³/mol. The topological polar surface area (TPSA) is 50.1 Å². The molecular weight excluding hydrogens is 329 g/mol. The van der Waals surface area contributed by atoms with Gasteiger partial charge in [0.05, 0.1) is 11.1 Å². The van der Waals surface area contributed by atoms with E-state index in [1.807, 2.05) is 12.1 Å². The first-order valence-corrected chi connectivity index (χ1v) is 9.12. The van der Waals surface area contributed by atoms with Crippen LogP contribution in [-0.4, -0.2) is 5.97 Å². The molecule has 2 aromatic rings. The molecule has 0 aromatic heterocycles. The van der Waals surface area contributed by atoms with E-state index in [1.54, 1.807) is 18.2 Å². The number of halogens is 1. The summed E-state index contributed by atoms with van der Waals surface area (Å²) in [6, 6.07) is 13.0. The van der Waals surface area contributed by atoms with Gasteiger partial charge >= 0.3 is 5.97 Å². The van der Waals surface area contributed by atoms with E-state index in [9.17, 15) is 9.18 Å². The molecule has 1 aliphatic rings. The zero-order chi connectivity index (χ0) is 18.5. The van der Waals surface area contributed by atoms with E-state index in [4.69, 9.17) is 10.00 Å². The minimum atomic E-state index is -0.698. The largest absolute Gasteiger partial charge is 0.423 e. The van der Waals surface area contributed by atoms with Crippen LogP contribution in [0, 0.1) is 23.1 Å². The average molecular weight is 351 g/mol. The molecule has 0 unspecified atom stereocenters. The van der Waals surface area contributed by atoms with Crippen molar-refractivity contribution in [1.82, 2.24) is 0 Å². The molecule has 1 aliphatic carbocycles. The molecule has 0 spiro atoms. The van der Waals surface area contributed by atoms with Gasteiger partial charge in [0.1, 0.15) is 17.6 Å². The molecule has 0 heterocycles. The van der Waals surface area contributed by atoms with E-state index in [-0.39, 0.29) is 11.3 Å². The molecule has 134 valence electrons. The highest BCUT2D eigenvalue weighted by Crippen LogP contribution is 2.36. The van der Waals surface area contributed by atoms with Crippen LogP contribution >= 0.6 is 0 Å². The number of hydrogen-bond acceptors (Lipinski definition) is 3. The average Bonchev–Trinajstić information content (AvgIpc) is 2.68. The van der Waals surface area contributed by atoms with Gasteiger partial charge in [0, 0.05) is 6.07 Å². The SMILES string of the molecule is CCC1CCC(c2ccc(C(=O)Oc3ccc(C#N)c(F)c3)cc2)CC1. The van der Waals surface area contributed by atoms with Gasteiger partial charge in [0.15, 0.2) is 0 Å². The van der Waals surface area contributed by atoms with Crippen LogP contribution < -0.4 is 4.74 Å². The molecule has 3 nitrogen and oxygen atoms in total. The van der Waals surface area contributed by atoms with Crippen LogP contribution in [0.2, 0.25) is 0 Å². The summed E-state index contributed by atoms with van der Waals surface area (Å²) < 4.78 is 18.8. The standard InChI is InChI=1S/C22H22FNO2/c1-2-15-3-5-16(6-4-15)17-7-9-18(10-8-17)22(25)26-20-12-11-19(14-24)21(23)13-20/h7-13,15-16H,2-6H2,1H3. The molecule has 0 amide bonds. The maximum absolute atomic E-state index is 13.6. The summed E-state index contributed by atoms with van der Waals surface area (Å²) in [6.45, 7) is 2.26. The van der Waals surface area contributed by atoms with Gasteiger partial charge in [-0.25, -0.2) is 9.18 Å². The lowest BCUT2D eigenvalue weighted by atomic mass is 9.78. The van der Waals surface area contributed by atoms with Crippen molar-refractivity contribution in [1.29, 1.82) is 5.26 Å².